The molecule has 8 nitrogen and oxygen atoms in total. The third-order valence-corrected chi connectivity index (χ3v) is 4.17. The zero-order chi connectivity index (χ0) is 17.5. The first-order valence-corrected chi connectivity index (χ1v) is 8.03. The van der Waals surface area contributed by atoms with Crippen molar-refractivity contribution in [3.8, 4) is 11.5 Å². The molecule has 128 valence electrons. The highest BCUT2D eigenvalue weighted by molar-refractivity contribution is 8.00. The highest BCUT2D eigenvalue weighted by Gasteiger charge is 2.19. The average Bonchev–Trinajstić information content (AvgIpc) is 3.02. The largest absolute Gasteiger partial charge is 0.493 e. The van der Waals surface area contributed by atoms with Crippen molar-refractivity contribution >= 4 is 23.4 Å². The minimum Gasteiger partial charge on any atom is -0.493 e. The van der Waals surface area contributed by atoms with Gasteiger partial charge < -0.3 is 14.8 Å². The molecule has 0 fully saturated rings. The van der Waals surface area contributed by atoms with Gasteiger partial charge in [-0.15, -0.1) is 11.7 Å². The molecule has 24 heavy (non-hydrogen) atoms. The summed E-state index contributed by atoms with van der Waals surface area (Å²) in [6, 6.07) is 5.19. The van der Waals surface area contributed by atoms with Crippen molar-refractivity contribution in [3.05, 3.63) is 30.9 Å². The number of nitrogens with zero attached hydrogens (tertiary/aromatic N) is 4. The molecule has 0 aliphatic carbocycles. The number of rotatable bonds is 8. The Labute approximate surface area is 144 Å². The zero-order valence-electron chi connectivity index (χ0n) is 13.7. The lowest BCUT2D eigenvalue weighted by molar-refractivity contribution is -0.115. The zero-order valence-corrected chi connectivity index (χ0v) is 14.5. The van der Waals surface area contributed by atoms with Gasteiger partial charge in [-0.3, -0.25) is 4.79 Å². The summed E-state index contributed by atoms with van der Waals surface area (Å²) in [6.07, 6.45) is 1.69. The summed E-state index contributed by atoms with van der Waals surface area (Å²) in [5, 5.41) is 14.4. The Kier molecular flexibility index (Phi) is 6.19. The molecule has 1 unspecified atom stereocenters. The maximum atomic E-state index is 12.4. The van der Waals surface area contributed by atoms with Crippen LogP contribution in [0.5, 0.6) is 11.5 Å². The number of amides is 1. The summed E-state index contributed by atoms with van der Waals surface area (Å²) in [6.45, 7) is 5.92. The van der Waals surface area contributed by atoms with E-state index in [1.807, 2.05) is 0 Å². The predicted octanol–water partition coefficient (Wildman–Crippen LogP) is 2.00. The van der Waals surface area contributed by atoms with E-state index in [1.54, 1.807) is 50.1 Å². The predicted molar refractivity (Wildman–Crippen MR) is 91.5 cm³/mol. The number of thioether (sulfide) groups is 1. The molecule has 0 radical (unpaired) electrons. The molecular formula is C15H19N5O3S. The van der Waals surface area contributed by atoms with Crippen molar-refractivity contribution < 1.29 is 14.3 Å². The first-order valence-electron chi connectivity index (χ1n) is 7.15. The molecule has 0 saturated carbocycles. The van der Waals surface area contributed by atoms with Crippen molar-refractivity contribution in [3.63, 3.8) is 0 Å². The van der Waals surface area contributed by atoms with Gasteiger partial charge in [-0.05, 0) is 29.5 Å². The second-order valence-corrected chi connectivity index (χ2v) is 6.06. The van der Waals surface area contributed by atoms with Gasteiger partial charge >= 0.3 is 0 Å². The molecule has 2 aromatic rings. The molecule has 1 aromatic carbocycles. The maximum absolute atomic E-state index is 12.4. The summed E-state index contributed by atoms with van der Waals surface area (Å²) in [4.78, 5) is 12.4. The van der Waals surface area contributed by atoms with E-state index >= 15 is 0 Å². The van der Waals surface area contributed by atoms with Crippen LogP contribution in [0.1, 0.15) is 6.92 Å². The lowest BCUT2D eigenvalue weighted by Gasteiger charge is -2.13. The lowest BCUT2D eigenvalue weighted by Crippen LogP contribution is -2.23. The molecule has 0 aliphatic heterocycles. The van der Waals surface area contributed by atoms with E-state index < -0.39 is 0 Å². The van der Waals surface area contributed by atoms with Gasteiger partial charge in [-0.1, -0.05) is 17.8 Å². The number of nitrogens with one attached hydrogen (secondary N) is 1. The number of hydrogen-bond donors (Lipinski definition) is 1. The first-order chi connectivity index (χ1) is 11.6. The van der Waals surface area contributed by atoms with Crippen LogP contribution in [-0.2, 0) is 11.3 Å². The topological polar surface area (TPSA) is 91.2 Å². The Morgan fingerprint density at radius 2 is 2.17 bits per heavy atom. The number of hydrogen-bond acceptors (Lipinski definition) is 7. The van der Waals surface area contributed by atoms with Gasteiger partial charge in [-0.2, -0.15) is 0 Å². The van der Waals surface area contributed by atoms with Crippen LogP contribution >= 0.6 is 11.8 Å². The molecule has 0 aliphatic rings. The van der Waals surface area contributed by atoms with Crippen LogP contribution in [0.3, 0.4) is 0 Å². The van der Waals surface area contributed by atoms with Gasteiger partial charge in [0.2, 0.25) is 11.1 Å². The van der Waals surface area contributed by atoms with E-state index in [0.717, 1.165) is 0 Å². The summed E-state index contributed by atoms with van der Waals surface area (Å²) in [7, 11) is 3.10. The second kappa shape index (κ2) is 8.34. The van der Waals surface area contributed by atoms with Gasteiger partial charge in [0, 0.05) is 11.8 Å². The number of carbonyl (C=O) groups excluding carboxylic acids is 1. The standard InChI is InChI=1S/C15H19N5O3S/c1-5-8-20-15(17-18-19-20)24-10(2)14(21)16-11-6-7-12(22-3)13(9-11)23-4/h5-7,9-10H,1,8H2,2-4H3,(H,16,21). The summed E-state index contributed by atoms with van der Waals surface area (Å²) in [5.74, 6) is 0.979. The molecule has 2 rings (SSSR count). The molecule has 1 atom stereocenters. The number of benzene rings is 1. The van der Waals surface area contributed by atoms with Crippen molar-refractivity contribution in [1.29, 1.82) is 0 Å². The van der Waals surface area contributed by atoms with E-state index in [1.165, 1.54) is 11.8 Å². The van der Waals surface area contributed by atoms with E-state index in [-0.39, 0.29) is 11.2 Å². The smallest absolute Gasteiger partial charge is 0.237 e. The normalized spacial score (nSPS) is 11.6. The van der Waals surface area contributed by atoms with Gasteiger partial charge in [-0.25, -0.2) is 4.68 Å². The van der Waals surface area contributed by atoms with Crippen molar-refractivity contribution in [2.45, 2.75) is 23.9 Å². The van der Waals surface area contributed by atoms with Crippen LogP contribution in [0.4, 0.5) is 5.69 Å². The summed E-state index contributed by atoms with van der Waals surface area (Å²) in [5.41, 5.74) is 0.621. The van der Waals surface area contributed by atoms with Crippen LogP contribution in [-0.4, -0.2) is 45.6 Å². The van der Waals surface area contributed by atoms with Crippen LogP contribution in [0, 0.1) is 0 Å². The number of allylic oxidation sites excluding steroid dienone is 1. The van der Waals surface area contributed by atoms with Gasteiger partial charge in [0.05, 0.1) is 26.0 Å². The summed E-state index contributed by atoms with van der Waals surface area (Å²) < 4.78 is 12.0. The second-order valence-electron chi connectivity index (χ2n) is 4.75. The SMILES string of the molecule is C=CCn1nnnc1SC(C)C(=O)Nc1ccc(OC)c(OC)c1. The third-order valence-electron chi connectivity index (χ3n) is 3.10. The third kappa shape index (κ3) is 4.25. The van der Waals surface area contributed by atoms with Crippen LogP contribution < -0.4 is 14.8 Å². The number of aromatic nitrogens is 4. The van der Waals surface area contributed by atoms with Crippen molar-refractivity contribution in [1.82, 2.24) is 20.2 Å². The molecule has 1 N–H and O–H groups in total. The molecule has 0 bridgehead atoms. The first kappa shape index (κ1) is 17.8. The van der Waals surface area contributed by atoms with E-state index in [9.17, 15) is 4.79 Å². The van der Waals surface area contributed by atoms with Gasteiger partial charge in [0.25, 0.3) is 0 Å². The van der Waals surface area contributed by atoms with E-state index in [4.69, 9.17) is 9.47 Å². The minimum atomic E-state index is -0.382. The average molecular weight is 349 g/mol. The van der Waals surface area contributed by atoms with E-state index in [2.05, 4.69) is 27.4 Å². The highest BCUT2D eigenvalue weighted by atomic mass is 32.2. The molecule has 1 amide bonds. The Morgan fingerprint density at radius 1 is 1.42 bits per heavy atom. The molecule has 0 saturated heterocycles. The number of anilines is 1. The highest BCUT2D eigenvalue weighted by Crippen LogP contribution is 2.30. The Bertz CT molecular complexity index is 719. The fraction of sp³-hybridized carbons (Fsp3) is 0.333. The van der Waals surface area contributed by atoms with Crippen LogP contribution in [0.15, 0.2) is 36.0 Å². The van der Waals surface area contributed by atoms with Gasteiger partial charge in [0.1, 0.15) is 0 Å². The number of carbonyl (C=O) groups is 1. The molecule has 1 aromatic heterocycles. The Morgan fingerprint density at radius 3 is 2.83 bits per heavy atom. The monoisotopic (exact) mass is 349 g/mol. The number of ether oxygens (including phenoxy) is 2. The summed E-state index contributed by atoms with van der Waals surface area (Å²) >= 11 is 1.27. The minimum absolute atomic E-state index is 0.166. The van der Waals surface area contributed by atoms with E-state index in [0.29, 0.717) is 28.9 Å². The number of tetrazole rings is 1. The Balaban J connectivity index is 2.03. The molecular weight excluding hydrogens is 330 g/mol. The van der Waals surface area contributed by atoms with Crippen LogP contribution in [0.2, 0.25) is 0 Å². The fourth-order valence-electron chi connectivity index (χ4n) is 1.89. The number of methoxy groups -OCH3 is 2. The molecule has 1 heterocycles. The maximum Gasteiger partial charge on any atom is 0.237 e. The quantitative estimate of drug-likeness (QED) is 0.575. The Hall–Kier alpha value is -2.55. The van der Waals surface area contributed by atoms with Crippen molar-refractivity contribution in [2.24, 2.45) is 0 Å². The molecule has 0 spiro atoms. The van der Waals surface area contributed by atoms with Crippen LogP contribution in [0.25, 0.3) is 0 Å². The lowest BCUT2D eigenvalue weighted by atomic mass is 10.2. The van der Waals surface area contributed by atoms with Gasteiger partial charge in [0.15, 0.2) is 11.5 Å². The van der Waals surface area contributed by atoms with Crippen molar-refractivity contribution in [2.75, 3.05) is 19.5 Å². The molecule has 9 heteroatoms. The fourth-order valence-corrected chi connectivity index (χ4v) is 2.69.